The molecule has 1 fully saturated rings. The van der Waals surface area contributed by atoms with Gasteiger partial charge in [-0.3, -0.25) is 0 Å². The van der Waals surface area contributed by atoms with Crippen LogP contribution >= 0.6 is 0 Å². The molecule has 0 bridgehead atoms. The lowest BCUT2D eigenvalue weighted by Gasteiger charge is -2.27. The van der Waals surface area contributed by atoms with Crippen molar-refractivity contribution in [3.8, 4) is 0 Å². The van der Waals surface area contributed by atoms with Crippen molar-refractivity contribution in [2.24, 2.45) is 5.92 Å². The maximum absolute atomic E-state index is 10.8. The zero-order chi connectivity index (χ0) is 13.7. The van der Waals surface area contributed by atoms with Crippen molar-refractivity contribution in [1.82, 2.24) is 4.98 Å². The van der Waals surface area contributed by atoms with Crippen LogP contribution in [-0.2, 0) is 6.42 Å². The molecule has 0 aromatic carbocycles. The summed E-state index contributed by atoms with van der Waals surface area (Å²) in [5.74, 6) is 1.36. The highest BCUT2D eigenvalue weighted by molar-refractivity contribution is 5.39. The summed E-state index contributed by atoms with van der Waals surface area (Å²) in [7, 11) is 0. The molecule has 3 heteroatoms. The lowest BCUT2D eigenvalue weighted by atomic mass is 9.87. The Labute approximate surface area is 116 Å². The number of hydrogen-bond acceptors (Lipinski definition) is 3. The molecule has 0 saturated heterocycles. The molecule has 19 heavy (non-hydrogen) atoms. The summed E-state index contributed by atoms with van der Waals surface area (Å²) in [6.07, 6.45) is 10.2. The maximum atomic E-state index is 10.8. The largest absolute Gasteiger partial charge is 0.390 e. The molecule has 3 nitrogen and oxygen atoms in total. The third-order valence-electron chi connectivity index (χ3n) is 4.41. The second-order valence-electron chi connectivity index (χ2n) is 6.03. The summed E-state index contributed by atoms with van der Waals surface area (Å²) in [6, 6.07) is 3.88. The average molecular weight is 262 g/mol. The van der Waals surface area contributed by atoms with Crippen molar-refractivity contribution in [2.45, 2.75) is 63.9 Å². The zero-order valence-corrected chi connectivity index (χ0v) is 11.9. The minimum absolute atomic E-state index is 0.560. The van der Waals surface area contributed by atoms with Crippen molar-refractivity contribution in [3.05, 3.63) is 23.9 Å². The fraction of sp³-hybridized carbons (Fsp3) is 0.688. The van der Waals surface area contributed by atoms with E-state index in [4.69, 9.17) is 5.73 Å². The number of anilines is 1. The van der Waals surface area contributed by atoms with E-state index in [0.717, 1.165) is 37.2 Å². The Bertz CT molecular complexity index is 407. The molecule has 3 N–H and O–H groups in total. The van der Waals surface area contributed by atoms with Gasteiger partial charge in [-0.1, -0.05) is 38.7 Å². The number of aliphatic hydroxyl groups is 1. The van der Waals surface area contributed by atoms with Gasteiger partial charge in [0.25, 0.3) is 0 Å². The van der Waals surface area contributed by atoms with E-state index in [1.54, 1.807) is 6.20 Å². The zero-order valence-electron chi connectivity index (χ0n) is 11.9. The first-order valence-corrected chi connectivity index (χ1v) is 7.55. The van der Waals surface area contributed by atoms with Crippen LogP contribution in [0.1, 0.15) is 57.4 Å². The van der Waals surface area contributed by atoms with Crippen molar-refractivity contribution in [1.29, 1.82) is 0 Å². The van der Waals surface area contributed by atoms with Gasteiger partial charge in [0.05, 0.1) is 5.60 Å². The van der Waals surface area contributed by atoms with Crippen LogP contribution in [0, 0.1) is 5.92 Å². The van der Waals surface area contributed by atoms with Crippen molar-refractivity contribution in [3.63, 3.8) is 0 Å². The molecule has 2 atom stereocenters. The van der Waals surface area contributed by atoms with Gasteiger partial charge in [0.2, 0.25) is 0 Å². The summed E-state index contributed by atoms with van der Waals surface area (Å²) in [5, 5.41) is 10.8. The minimum atomic E-state index is -0.584. The number of nitrogens with zero attached hydrogens (tertiary/aromatic N) is 1. The van der Waals surface area contributed by atoms with Crippen LogP contribution in [0.2, 0.25) is 0 Å². The standard InChI is InChI=1S/C16H26N2O/c1-2-5-13-6-3-9-16(19,10-8-13)12-14-7-4-11-18-15(14)17/h4,7,11,13,19H,2-3,5-6,8-10,12H2,1H3,(H2,17,18). The number of rotatable bonds is 4. The number of nitrogen functional groups attached to an aromatic ring is 1. The summed E-state index contributed by atoms with van der Waals surface area (Å²) in [5.41, 5.74) is 6.29. The number of aromatic nitrogens is 1. The highest BCUT2D eigenvalue weighted by atomic mass is 16.3. The number of pyridine rings is 1. The fourth-order valence-electron chi connectivity index (χ4n) is 3.29. The van der Waals surface area contributed by atoms with Crippen LogP contribution in [0.5, 0.6) is 0 Å². The summed E-state index contributed by atoms with van der Waals surface area (Å²) in [4.78, 5) is 4.11. The van der Waals surface area contributed by atoms with Gasteiger partial charge in [0.1, 0.15) is 5.82 Å². The molecule has 106 valence electrons. The molecule has 1 aliphatic rings. The van der Waals surface area contributed by atoms with Gasteiger partial charge in [-0.05, 0) is 36.8 Å². The van der Waals surface area contributed by atoms with E-state index in [-0.39, 0.29) is 0 Å². The Balaban J connectivity index is 2.01. The van der Waals surface area contributed by atoms with Gasteiger partial charge in [-0.15, -0.1) is 0 Å². The Morgan fingerprint density at radius 2 is 2.26 bits per heavy atom. The molecule has 1 aliphatic carbocycles. The Morgan fingerprint density at radius 1 is 1.42 bits per heavy atom. The smallest absolute Gasteiger partial charge is 0.126 e. The summed E-state index contributed by atoms with van der Waals surface area (Å²) < 4.78 is 0. The summed E-state index contributed by atoms with van der Waals surface area (Å²) in [6.45, 7) is 2.24. The van der Waals surface area contributed by atoms with Crippen molar-refractivity contribution >= 4 is 5.82 Å². The molecule has 1 aromatic rings. The molecule has 0 aliphatic heterocycles. The first kappa shape index (κ1) is 14.3. The van der Waals surface area contributed by atoms with Gasteiger partial charge in [0, 0.05) is 12.6 Å². The van der Waals surface area contributed by atoms with Crippen LogP contribution < -0.4 is 5.73 Å². The Morgan fingerprint density at radius 3 is 3.00 bits per heavy atom. The molecule has 2 rings (SSSR count). The molecule has 1 aromatic heterocycles. The second kappa shape index (κ2) is 6.38. The molecule has 1 heterocycles. The number of nitrogens with two attached hydrogens (primary N) is 1. The fourth-order valence-corrected chi connectivity index (χ4v) is 3.29. The highest BCUT2D eigenvalue weighted by Crippen LogP contribution is 2.35. The third-order valence-corrected chi connectivity index (χ3v) is 4.41. The molecule has 1 saturated carbocycles. The lowest BCUT2D eigenvalue weighted by Crippen LogP contribution is -2.31. The van der Waals surface area contributed by atoms with Gasteiger partial charge in [-0.25, -0.2) is 4.98 Å². The van der Waals surface area contributed by atoms with Crippen LogP contribution in [-0.4, -0.2) is 15.7 Å². The van der Waals surface area contributed by atoms with E-state index in [9.17, 15) is 5.11 Å². The van der Waals surface area contributed by atoms with E-state index in [2.05, 4.69) is 11.9 Å². The maximum Gasteiger partial charge on any atom is 0.126 e. The molecule has 0 radical (unpaired) electrons. The van der Waals surface area contributed by atoms with Crippen LogP contribution in [0.4, 0.5) is 5.82 Å². The van der Waals surface area contributed by atoms with Gasteiger partial charge in [0.15, 0.2) is 0 Å². The predicted molar refractivity (Wildman–Crippen MR) is 78.8 cm³/mol. The van der Waals surface area contributed by atoms with E-state index in [1.165, 1.54) is 19.3 Å². The van der Waals surface area contributed by atoms with Crippen molar-refractivity contribution in [2.75, 3.05) is 5.73 Å². The topological polar surface area (TPSA) is 59.1 Å². The van der Waals surface area contributed by atoms with Gasteiger partial charge >= 0.3 is 0 Å². The van der Waals surface area contributed by atoms with E-state index < -0.39 is 5.60 Å². The lowest BCUT2D eigenvalue weighted by molar-refractivity contribution is 0.0242. The third kappa shape index (κ3) is 3.93. The van der Waals surface area contributed by atoms with Crippen molar-refractivity contribution < 1.29 is 5.11 Å². The van der Waals surface area contributed by atoms with Crippen LogP contribution in [0.3, 0.4) is 0 Å². The average Bonchev–Trinajstić information content (AvgIpc) is 2.56. The first-order chi connectivity index (χ1) is 9.13. The normalized spacial score (nSPS) is 28.0. The Kier molecular flexibility index (Phi) is 4.81. The van der Waals surface area contributed by atoms with E-state index >= 15 is 0 Å². The highest BCUT2D eigenvalue weighted by Gasteiger charge is 2.31. The van der Waals surface area contributed by atoms with Gasteiger partial charge in [-0.2, -0.15) is 0 Å². The monoisotopic (exact) mass is 262 g/mol. The van der Waals surface area contributed by atoms with E-state index in [0.29, 0.717) is 12.2 Å². The first-order valence-electron chi connectivity index (χ1n) is 7.55. The van der Waals surface area contributed by atoms with Crippen LogP contribution in [0.25, 0.3) is 0 Å². The molecule has 0 spiro atoms. The van der Waals surface area contributed by atoms with E-state index in [1.807, 2.05) is 12.1 Å². The quantitative estimate of drug-likeness (QED) is 0.818. The minimum Gasteiger partial charge on any atom is -0.390 e. The SMILES string of the molecule is CCCC1CCCC(O)(Cc2cccnc2N)CC1. The second-order valence-corrected chi connectivity index (χ2v) is 6.03. The number of hydrogen-bond donors (Lipinski definition) is 2. The molecular weight excluding hydrogens is 236 g/mol. The molecule has 2 unspecified atom stereocenters. The molecular formula is C16H26N2O. The Hall–Kier alpha value is -1.09. The molecule has 0 amide bonds. The predicted octanol–water partition coefficient (Wildman–Crippen LogP) is 3.32. The van der Waals surface area contributed by atoms with Gasteiger partial charge < -0.3 is 10.8 Å². The van der Waals surface area contributed by atoms with Crippen LogP contribution in [0.15, 0.2) is 18.3 Å². The summed E-state index contributed by atoms with van der Waals surface area (Å²) >= 11 is 0.